The minimum atomic E-state index is 0.428. The van der Waals surface area contributed by atoms with Crippen LogP contribution in [0, 0.1) is 0 Å². The van der Waals surface area contributed by atoms with Gasteiger partial charge in [0.05, 0.1) is 6.61 Å². The summed E-state index contributed by atoms with van der Waals surface area (Å²) in [5.41, 5.74) is 1.29. The van der Waals surface area contributed by atoms with Crippen molar-refractivity contribution < 1.29 is 9.53 Å². The first kappa shape index (κ1) is 14.1. The van der Waals surface area contributed by atoms with Gasteiger partial charge < -0.3 is 4.74 Å². The van der Waals surface area contributed by atoms with Crippen molar-refractivity contribution in [2.75, 3.05) is 6.61 Å². The van der Waals surface area contributed by atoms with E-state index in [9.17, 15) is 4.79 Å². The lowest BCUT2D eigenvalue weighted by Crippen LogP contribution is -2.15. The van der Waals surface area contributed by atoms with Crippen LogP contribution in [0.1, 0.15) is 63.4 Å². The second-order valence-electron chi connectivity index (χ2n) is 5.41. The highest BCUT2D eigenvalue weighted by atomic mass is 16.5. The van der Waals surface area contributed by atoms with Gasteiger partial charge >= 0.3 is 0 Å². The summed E-state index contributed by atoms with van der Waals surface area (Å²) in [4.78, 5) is 11.8. The fourth-order valence-corrected chi connectivity index (χ4v) is 2.75. The molecule has 0 N–H and O–H groups in total. The van der Waals surface area contributed by atoms with Crippen LogP contribution in [0.25, 0.3) is 0 Å². The van der Waals surface area contributed by atoms with Gasteiger partial charge in [-0.15, -0.1) is 0 Å². The average molecular weight is 260 g/mol. The Kier molecular flexibility index (Phi) is 5.44. The molecule has 2 heteroatoms. The Morgan fingerprint density at radius 3 is 2.95 bits per heavy atom. The van der Waals surface area contributed by atoms with Gasteiger partial charge in [-0.05, 0) is 36.8 Å². The van der Waals surface area contributed by atoms with E-state index in [1.165, 1.54) is 18.4 Å². The zero-order valence-electron chi connectivity index (χ0n) is 11.9. The van der Waals surface area contributed by atoms with Gasteiger partial charge in [-0.3, -0.25) is 4.79 Å². The summed E-state index contributed by atoms with van der Waals surface area (Å²) in [5, 5.41) is 0. The van der Waals surface area contributed by atoms with Gasteiger partial charge in [-0.1, -0.05) is 38.0 Å². The number of benzene rings is 1. The molecule has 0 saturated carbocycles. The van der Waals surface area contributed by atoms with E-state index >= 15 is 0 Å². The summed E-state index contributed by atoms with van der Waals surface area (Å²) < 4.78 is 5.66. The molecule has 1 aliphatic rings. The van der Waals surface area contributed by atoms with Crippen molar-refractivity contribution >= 4 is 5.78 Å². The van der Waals surface area contributed by atoms with E-state index in [1.54, 1.807) is 0 Å². The van der Waals surface area contributed by atoms with Crippen LogP contribution in [0.15, 0.2) is 24.3 Å². The molecule has 1 unspecified atom stereocenters. The van der Waals surface area contributed by atoms with Gasteiger partial charge in [0.15, 0.2) is 0 Å². The molecule has 104 valence electrons. The van der Waals surface area contributed by atoms with Gasteiger partial charge in [0.1, 0.15) is 11.5 Å². The Bertz CT molecular complexity index is 411. The number of ketones is 1. The van der Waals surface area contributed by atoms with Crippen molar-refractivity contribution in [3.05, 3.63) is 29.8 Å². The first-order valence-electron chi connectivity index (χ1n) is 7.54. The number of carbonyl (C=O) groups is 1. The first-order chi connectivity index (χ1) is 9.31. The maximum Gasteiger partial charge on any atom is 0.132 e. The summed E-state index contributed by atoms with van der Waals surface area (Å²) in [6.45, 7) is 2.95. The summed E-state index contributed by atoms with van der Waals surface area (Å²) in [5.74, 6) is 1.94. The number of para-hydroxylation sites is 1. The van der Waals surface area contributed by atoms with Gasteiger partial charge in [-0.25, -0.2) is 0 Å². The Morgan fingerprint density at radius 1 is 1.26 bits per heavy atom. The van der Waals surface area contributed by atoms with Gasteiger partial charge in [0.25, 0.3) is 0 Å². The summed E-state index contributed by atoms with van der Waals surface area (Å²) in [7, 11) is 0. The van der Waals surface area contributed by atoms with Crippen molar-refractivity contribution in [2.45, 2.75) is 57.8 Å². The quantitative estimate of drug-likeness (QED) is 0.675. The number of hydrogen-bond donors (Lipinski definition) is 0. The fraction of sp³-hybridized carbons (Fsp3) is 0.588. The lowest BCUT2D eigenvalue weighted by atomic mass is 9.88. The molecule has 1 atom stereocenters. The number of carbonyl (C=O) groups excluding carboxylic acids is 1. The monoisotopic (exact) mass is 260 g/mol. The van der Waals surface area contributed by atoms with Crippen molar-refractivity contribution in [3.63, 3.8) is 0 Å². The SMILES string of the molecule is CCCCCC(=O)CCC1CCOc2ccccc21. The van der Waals surface area contributed by atoms with Crippen molar-refractivity contribution in [2.24, 2.45) is 0 Å². The molecule has 0 amide bonds. The lowest BCUT2D eigenvalue weighted by Gasteiger charge is -2.25. The van der Waals surface area contributed by atoms with Crippen LogP contribution in [0.4, 0.5) is 0 Å². The zero-order chi connectivity index (χ0) is 13.5. The van der Waals surface area contributed by atoms with Crippen molar-refractivity contribution in [1.82, 2.24) is 0 Å². The highest BCUT2D eigenvalue weighted by Crippen LogP contribution is 2.36. The number of ether oxygens (including phenoxy) is 1. The average Bonchev–Trinajstić information content (AvgIpc) is 2.45. The Hall–Kier alpha value is -1.31. The first-order valence-corrected chi connectivity index (χ1v) is 7.54. The number of fused-ring (bicyclic) bond motifs is 1. The molecule has 1 heterocycles. The van der Waals surface area contributed by atoms with E-state index in [4.69, 9.17) is 4.74 Å². The smallest absolute Gasteiger partial charge is 0.132 e. The number of unbranched alkanes of at least 4 members (excludes halogenated alkanes) is 2. The van der Waals surface area contributed by atoms with E-state index in [0.29, 0.717) is 11.7 Å². The topological polar surface area (TPSA) is 26.3 Å². The lowest BCUT2D eigenvalue weighted by molar-refractivity contribution is -0.119. The number of hydrogen-bond acceptors (Lipinski definition) is 2. The van der Waals surface area contributed by atoms with Crippen molar-refractivity contribution in [1.29, 1.82) is 0 Å². The maximum atomic E-state index is 11.8. The highest BCUT2D eigenvalue weighted by molar-refractivity contribution is 5.78. The third-order valence-electron chi connectivity index (χ3n) is 3.91. The van der Waals surface area contributed by atoms with E-state index < -0.39 is 0 Å². The summed E-state index contributed by atoms with van der Waals surface area (Å²) >= 11 is 0. The van der Waals surface area contributed by atoms with Gasteiger partial charge in [-0.2, -0.15) is 0 Å². The van der Waals surface area contributed by atoms with Crippen LogP contribution in [-0.4, -0.2) is 12.4 Å². The molecule has 1 aromatic carbocycles. The van der Waals surface area contributed by atoms with Gasteiger partial charge in [0.2, 0.25) is 0 Å². The second-order valence-corrected chi connectivity index (χ2v) is 5.41. The Labute approximate surface area is 116 Å². The molecule has 0 fully saturated rings. The molecule has 0 saturated heterocycles. The normalized spacial score (nSPS) is 17.6. The summed E-state index contributed by atoms with van der Waals surface area (Å²) in [6.07, 6.45) is 6.91. The largest absolute Gasteiger partial charge is 0.493 e. The molecule has 19 heavy (non-hydrogen) atoms. The Balaban J connectivity index is 1.82. The van der Waals surface area contributed by atoms with Crippen LogP contribution in [-0.2, 0) is 4.79 Å². The van der Waals surface area contributed by atoms with Crippen molar-refractivity contribution in [3.8, 4) is 5.75 Å². The van der Waals surface area contributed by atoms with Crippen LogP contribution < -0.4 is 4.74 Å². The van der Waals surface area contributed by atoms with E-state index in [1.807, 2.05) is 12.1 Å². The predicted molar refractivity (Wildman–Crippen MR) is 77.7 cm³/mol. The predicted octanol–water partition coefficient (Wildman–Crippen LogP) is 4.48. The molecular formula is C17H24O2. The highest BCUT2D eigenvalue weighted by Gasteiger charge is 2.21. The molecule has 1 aliphatic heterocycles. The van der Waals surface area contributed by atoms with E-state index in [2.05, 4.69) is 19.1 Å². The molecule has 0 aliphatic carbocycles. The van der Waals surface area contributed by atoms with Gasteiger partial charge in [0, 0.05) is 12.8 Å². The minimum absolute atomic E-state index is 0.428. The molecule has 2 nitrogen and oxygen atoms in total. The summed E-state index contributed by atoms with van der Waals surface area (Å²) in [6, 6.07) is 8.24. The van der Waals surface area contributed by atoms with E-state index in [-0.39, 0.29) is 0 Å². The molecule has 0 bridgehead atoms. The zero-order valence-corrected chi connectivity index (χ0v) is 11.9. The van der Waals surface area contributed by atoms with Crippen LogP contribution in [0.2, 0.25) is 0 Å². The van der Waals surface area contributed by atoms with Crippen LogP contribution in [0.3, 0.4) is 0 Å². The number of rotatable bonds is 7. The van der Waals surface area contributed by atoms with Crippen LogP contribution in [0.5, 0.6) is 5.75 Å². The maximum absolute atomic E-state index is 11.8. The number of Topliss-reactive ketones (excluding diaryl/α,β-unsaturated/α-hetero) is 1. The third kappa shape index (κ3) is 4.09. The molecular weight excluding hydrogens is 236 g/mol. The molecule has 1 aromatic rings. The fourth-order valence-electron chi connectivity index (χ4n) is 2.75. The second kappa shape index (κ2) is 7.32. The molecule has 0 radical (unpaired) electrons. The minimum Gasteiger partial charge on any atom is -0.493 e. The van der Waals surface area contributed by atoms with E-state index in [0.717, 1.165) is 44.5 Å². The molecule has 2 rings (SSSR count). The Morgan fingerprint density at radius 2 is 2.11 bits per heavy atom. The molecule has 0 aromatic heterocycles. The standard InChI is InChI=1S/C17H24O2/c1-2-3-4-7-15(18)11-10-14-12-13-19-17-9-6-5-8-16(14)17/h5-6,8-9,14H,2-4,7,10-13H2,1H3. The molecule has 0 spiro atoms. The van der Waals surface area contributed by atoms with Crippen LogP contribution >= 0.6 is 0 Å². The third-order valence-corrected chi connectivity index (χ3v) is 3.91.